The molecule has 0 heterocycles. The van der Waals surface area contributed by atoms with Crippen molar-refractivity contribution in [1.82, 2.24) is 0 Å². The Hall–Kier alpha value is -1.03. The van der Waals surface area contributed by atoms with Gasteiger partial charge >= 0.3 is 0 Å². The number of rotatable bonds is 4. The minimum absolute atomic E-state index is 0.0950. The molecule has 4 heteroatoms. The fourth-order valence-electron chi connectivity index (χ4n) is 1.48. The van der Waals surface area contributed by atoms with Crippen molar-refractivity contribution in [2.24, 2.45) is 0 Å². The van der Waals surface area contributed by atoms with Gasteiger partial charge in [-0.25, -0.2) is 8.42 Å². The zero-order valence-electron chi connectivity index (χ0n) is 9.16. The Balaban J connectivity index is 2.95. The number of hydrogen-bond acceptors (Lipinski definition) is 3. The number of hydrogen-bond donors (Lipinski definition) is 1. The van der Waals surface area contributed by atoms with Crippen LogP contribution in [0.3, 0.4) is 0 Å². The summed E-state index contributed by atoms with van der Waals surface area (Å²) in [5.74, 6) is 0.332. The Morgan fingerprint density at radius 3 is 2.60 bits per heavy atom. The van der Waals surface area contributed by atoms with Crippen LogP contribution in [0, 0.1) is 6.92 Å². The molecule has 0 atom stereocenters. The van der Waals surface area contributed by atoms with Crippen molar-refractivity contribution in [2.45, 2.75) is 26.0 Å². The van der Waals surface area contributed by atoms with E-state index in [9.17, 15) is 8.42 Å². The van der Waals surface area contributed by atoms with Crippen LogP contribution in [0.1, 0.15) is 24.5 Å². The average Bonchev–Trinajstić information content (AvgIpc) is 2.12. The summed E-state index contributed by atoms with van der Waals surface area (Å²) in [7, 11) is -2.98. The summed E-state index contributed by atoms with van der Waals surface area (Å²) in [4.78, 5) is 0. The zero-order valence-corrected chi connectivity index (χ0v) is 9.97. The van der Waals surface area contributed by atoms with Gasteiger partial charge < -0.3 is 5.73 Å². The number of benzene rings is 1. The third-order valence-electron chi connectivity index (χ3n) is 2.38. The highest BCUT2D eigenvalue weighted by atomic mass is 32.2. The molecule has 15 heavy (non-hydrogen) atoms. The lowest BCUT2D eigenvalue weighted by molar-refractivity contribution is 0.594. The monoisotopic (exact) mass is 227 g/mol. The lowest BCUT2D eigenvalue weighted by Crippen LogP contribution is -2.10. The average molecular weight is 227 g/mol. The van der Waals surface area contributed by atoms with Gasteiger partial charge in [-0.3, -0.25) is 0 Å². The lowest BCUT2D eigenvalue weighted by Gasteiger charge is -2.08. The second-order valence-corrected chi connectivity index (χ2v) is 5.91. The first kappa shape index (κ1) is 12.0. The quantitative estimate of drug-likeness (QED) is 0.799. The van der Waals surface area contributed by atoms with Gasteiger partial charge in [-0.1, -0.05) is 19.1 Å². The molecule has 84 valence electrons. The van der Waals surface area contributed by atoms with Crippen LogP contribution in [-0.4, -0.2) is 14.2 Å². The van der Waals surface area contributed by atoms with E-state index in [0.717, 1.165) is 11.1 Å². The molecule has 1 aromatic carbocycles. The van der Waals surface area contributed by atoms with Gasteiger partial charge in [-0.05, 0) is 30.5 Å². The van der Waals surface area contributed by atoms with Crippen molar-refractivity contribution in [2.75, 3.05) is 11.5 Å². The van der Waals surface area contributed by atoms with Crippen molar-refractivity contribution < 1.29 is 8.42 Å². The zero-order chi connectivity index (χ0) is 11.5. The van der Waals surface area contributed by atoms with Crippen molar-refractivity contribution in [3.8, 4) is 0 Å². The minimum atomic E-state index is -2.98. The molecule has 0 spiro atoms. The van der Waals surface area contributed by atoms with Gasteiger partial charge in [0.1, 0.15) is 0 Å². The molecule has 0 amide bonds. The van der Waals surface area contributed by atoms with Gasteiger partial charge in [0, 0.05) is 5.69 Å². The second-order valence-electron chi connectivity index (χ2n) is 3.72. The van der Waals surface area contributed by atoms with E-state index in [0.29, 0.717) is 12.1 Å². The van der Waals surface area contributed by atoms with Gasteiger partial charge in [-0.15, -0.1) is 0 Å². The molecular formula is C11H17NO2S. The van der Waals surface area contributed by atoms with Crippen LogP contribution < -0.4 is 5.73 Å². The standard InChI is InChI=1S/C11H17NO2S/c1-3-7-15(13,14)8-10-5-4-6-11(12)9(10)2/h4-6H,3,7-8,12H2,1-2H3. The van der Waals surface area contributed by atoms with E-state index in [4.69, 9.17) is 5.73 Å². The van der Waals surface area contributed by atoms with Crippen molar-refractivity contribution in [3.05, 3.63) is 29.3 Å². The molecule has 0 saturated carbocycles. The third-order valence-corrected chi connectivity index (χ3v) is 4.16. The van der Waals surface area contributed by atoms with Crippen LogP contribution in [0.5, 0.6) is 0 Å². The summed E-state index contributed by atoms with van der Waals surface area (Å²) in [5, 5.41) is 0. The first-order chi connectivity index (χ1) is 6.96. The molecule has 0 fully saturated rings. The molecule has 0 aliphatic carbocycles. The molecule has 3 nitrogen and oxygen atoms in total. The van der Waals surface area contributed by atoms with Gasteiger partial charge in [-0.2, -0.15) is 0 Å². The van der Waals surface area contributed by atoms with Crippen molar-refractivity contribution in [3.63, 3.8) is 0 Å². The molecule has 0 bridgehead atoms. The Labute approximate surface area is 91.2 Å². The van der Waals surface area contributed by atoms with Crippen LogP contribution in [-0.2, 0) is 15.6 Å². The van der Waals surface area contributed by atoms with Gasteiger partial charge in [0.15, 0.2) is 9.84 Å². The van der Waals surface area contributed by atoms with E-state index >= 15 is 0 Å². The molecule has 0 unspecified atom stereocenters. The molecule has 1 rings (SSSR count). The van der Waals surface area contributed by atoms with Gasteiger partial charge in [0.25, 0.3) is 0 Å². The van der Waals surface area contributed by atoms with E-state index in [-0.39, 0.29) is 11.5 Å². The van der Waals surface area contributed by atoms with Crippen LogP contribution >= 0.6 is 0 Å². The number of sulfone groups is 1. The maximum absolute atomic E-state index is 11.6. The maximum Gasteiger partial charge on any atom is 0.154 e. The highest BCUT2D eigenvalue weighted by molar-refractivity contribution is 7.90. The van der Waals surface area contributed by atoms with Crippen LogP contribution in [0.15, 0.2) is 18.2 Å². The third kappa shape index (κ3) is 3.23. The fourth-order valence-corrected chi connectivity index (χ4v) is 3.03. The second kappa shape index (κ2) is 4.66. The van der Waals surface area contributed by atoms with E-state index in [2.05, 4.69) is 0 Å². The Morgan fingerprint density at radius 2 is 2.00 bits per heavy atom. The predicted octanol–water partition coefficient (Wildman–Crippen LogP) is 1.90. The van der Waals surface area contributed by atoms with Gasteiger partial charge in [0.05, 0.1) is 11.5 Å². The Kier molecular flexibility index (Phi) is 3.74. The molecule has 0 aromatic heterocycles. The molecule has 2 N–H and O–H groups in total. The molecule has 0 saturated heterocycles. The topological polar surface area (TPSA) is 60.2 Å². The van der Waals surface area contributed by atoms with E-state index in [1.165, 1.54) is 0 Å². The van der Waals surface area contributed by atoms with E-state index in [1.54, 1.807) is 12.1 Å². The summed E-state index contributed by atoms with van der Waals surface area (Å²) in [6.45, 7) is 3.72. The summed E-state index contributed by atoms with van der Waals surface area (Å²) in [6, 6.07) is 5.39. The molecular weight excluding hydrogens is 210 g/mol. The molecule has 0 radical (unpaired) electrons. The fraction of sp³-hybridized carbons (Fsp3) is 0.455. The van der Waals surface area contributed by atoms with Crippen molar-refractivity contribution in [1.29, 1.82) is 0 Å². The van der Waals surface area contributed by atoms with Crippen LogP contribution in [0.25, 0.3) is 0 Å². The number of anilines is 1. The summed E-state index contributed by atoms with van der Waals surface area (Å²) < 4.78 is 23.2. The largest absolute Gasteiger partial charge is 0.399 e. The van der Waals surface area contributed by atoms with E-state index in [1.807, 2.05) is 19.9 Å². The summed E-state index contributed by atoms with van der Waals surface area (Å²) in [6.07, 6.45) is 0.656. The summed E-state index contributed by atoms with van der Waals surface area (Å²) in [5.41, 5.74) is 8.05. The smallest absolute Gasteiger partial charge is 0.154 e. The number of nitrogen functional groups attached to an aromatic ring is 1. The molecule has 0 aliphatic heterocycles. The van der Waals surface area contributed by atoms with Gasteiger partial charge in [0.2, 0.25) is 0 Å². The first-order valence-corrected chi connectivity index (χ1v) is 6.83. The van der Waals surface area contributed by atoms with Crippen LogP contribution in [0.2, 0.25) is 0 Å². The normalized spacial score (nSPS) is 11.6. The SMILES string of the molecule is CCCS(=O)(=O)Cc1cccc(N)c1C. The number of nitrogens with two attached hydrogens (primary N) is 1. The Morgan fingerprint density at radius 1 is 1.33 bits per heavy atom. The minimum Gasteiger partial charge on any atom is -0.399 e. The lowest BCUT2D eigenvalue weighted by atomic mass is 10.1. The van der Waals surface area contributed by atoms with E-state index < -0.39 is 9.84 Å². The van der Waals surface area contributed by atoms with Crippen molar-refractivity contribution >= 4 is 15.5 Å². The summed E-state index contributed by atoms with van der Waals surface area (Å²) >= 11 is 0. The Bertz CT molecular complexity index is 438. The maximum atomic E-state index is 11.6. The molecule has 1 aromatic rings. The highest BCUT2D eigenvalue weighted by Crippen LogP contribution is 2.18. The highest BCUT2D eigenvalue weighted by Gasteiger charge is 2.12. The predicted molar refractivity (Wildman–Crippen MR) is 63.4 cm³/mol. The van der Waals surface area contributed by atoms with Crippen LogP contribution in [0.4, 0.5) is 5.69 Å². The molecule has 0 aliphatic rings. The first-order valence-electron chi connectivity index (χ1n) is 5.00.